The predicted molar refractivity (Wildman–Crippen MR) is 80.9 cm³/mol. The van der Waals surface area contributed by atoms with Crippen molar-refractivity contribution in [3.63, 3.8) is 0 Å². The second kappa shape index (κ2) is 5.84. The van der Waals surface area contributed by atoms with E-state index in [1.165, 1.54) is 6.07 Å². The van der Waals surface area contributed by atoms with Crippen LogP contribution in [0.25, 0.3) is 0 Å². The lowest BCUT2D eigenvalue weighted by atomic mass is 10.2. The molecule has 1 amide bonds. The minimum Gasteiger partial charge on any atom is -0.321 e. The fourth-order valence-electron chi connectivity index (χ4n) is 1.61. The van der Waals surface area contributed by atoms with Crippen molar-refractivity contribution >= 4 is 43.5 Å². The van der Waals surface area contributed by atoms with Crippen LogP contribution in [0.15, 0.2) is 45.3 Å². The summed E-state index contributed by atoms with van der Waals surface area (Å²) in [5, 5.41) is 2.69. The summed E-state index contributed by atoms with van der Waals surface area (Å²) in [6.45, 7) is 1.92. The van der Waals surface area contributed by atoms with Gasteiger partial charge in [-0.3, -0.25) is 4.79 Å². The van der Waals surface area contributed by atoms with Crippen LogP contribution in [0.5, 0.6) is 0 Å². The Kier molecular flexibility index (Phi) is 4.37. The zero-order chi connectivity index (χ0) is 14.0. The van der Waals surface area contributed by atoms with Crippen LogP contribution in [0.3, 0.4) is 0 Å². The third-order valence-electron chi connectivity index (χ3n) is 2.64. The second-order valence-electron chi connectivity index (χ2n) is 3.99. The molecule has 2 aromatic carbocycles. The number of benzene rings is 2. The number of nitrogens with one attached hydrogen (secondary N) is 1. The molecule has 0 radical (unpaired) electrons. The van der Waals surface area contributed by atoms with E-state index in [9.17, 15) is 9.18 Å². The lowest BCUT2D eigenvalue weighted by Crippen LogP contribution is -2.14. The van der Waals surface area contributed by atoms with Crippen LogP contribution in [0, 0.1) is 12.7 Å². The van der Waals surface area contributed by atoms with Gasteiger partial charge in [0.1, 0.15) is 5.82 Å². The molecule has 0 unspecified atom stereocenters. The summed E-state index contributed by atoms with van der Waals surface area (Å²) >= 11 is 6.46. The minimum atomic E-state index is -0.566. The van der Waals surface area contributed by atoms with Gasteiger partial charge in [-0.1, -0.05) is 18.2 Å². The van der Waals surface area contributed by atoms with Crippen LogP contribution in [-0.2, 0) is 0 Å². The summed E-state index contributed by atoms with van der Waals surface area (Å²) in [5.41, 5.74) is 1.61. The van der Waals surface area contributed by atoms with Crippen LogP contribution >= 0.6 is 31.9 Å². The topological polar surface area (TPSA) is 29.1 Å². The molecular weight excluding hydrogens is 377 g/mol. The maximum absolute atomic E-state index is 13.8. The number of amides is 1. The molecule has 0 aliphatic rings. The first-order valence-corrected chi connectivity index (χ1v) is 7.10. The summed E-state index contributed by atoms with van der Waals surface area (Å²) in [6.07, 6.45) is 0. The molecule has 0 bridgehead atoms. The Balaban J connectivity index is 2.31. The number of rotatable bonds is 2. The van der Waals surface area contributed by atoms with Gasteiger partial charge in [-0.15, -0.1) is 0 Å². The summed E-state index contributed by atoms with van der Waals surface area (Å²) < 4.78 is 14.9. The van der Waals surface area contributed by atoms with E-state index >= 15 is 0 Å². The van der Waals surface area contributed by atoms with Crippen LogP contribution in [0.2, 0.25) is 0 Å². The Labute approximate surface area is 127 Å². The summed E-state index contributed by atoms with van der Waals surface area (Å²) in [4.78, 5) is 12.1. The standard InChI is InChI=1S/C14H10Br2FNO/c1-8-4-2-7-11(12(8)16)18-14(19)9-5-3-6-10(15)13(9)17/h2-7H,1H3,(H,18,19). The van der Waals surface area contributed by atoms with E-state index in [1.54, 1.807) is 18.2 Å². The average molecular weight is 387 g/mol. The van der Waals surface area contributed by atoms with Crippen molar-refractivity contribution < 1.29 is 9.18 Å². The van der Waals surface area contributed by atoms with E-state index in [4.69, 9.17) is 0 Å². The van der Waals surface area contributed by atoms with E-state index in [-0.39, 0.29) is 10.0 Å². The molecule has 0 atom stereocenters. The van der Waals surface area contributed by atoms with Crippen molar-refractivity contribution in [2.75, 3.05) is 5.32 Å². The zero-order valence-corrected chi connectivity index (χ0v) is 13.2. The van der Waals surface area contributed by atoms with Gasteiger partial charge in [-0.2, -0.15) is 0 Å². The van der Waals surface area contributed by atoms with Gasteiger partial charge in [0.15, 0.2) is 0 Å². The zero-order valence-electron chi connectivity index (χ0n) is 10.0. The molecule has 2 rings (SSSR count). The Morgan fingerprint density at radius 2 is 1.84 bits per heavy atom. The molecule has 0 saturated carbocycles. The van der Waals surface area contributed by atoms with E-state index in [2.05, 4.69) is 37.2 Å². The van der Waals surface area contributed by atoms with Gasteiger partial charge in [-0.05, 0) is 62.5 Å². The molecule has 2 aromatic rings. The van der Waals surface area contributed by atoms with Gasteiger partial charge >= 0.3 is 0 Å². The Morgan fingerprint density at radius 1 is 1.16 bits per heavy atom. The average Bonchev–Trinajstić information content (AvgIpc) is 2.38. The quantitative estimate of drug-likeness (QED) is 0.780. The normalized spacial score (nSPS) is 10.3. The fourth-order valence-corrected chi connectivity index (χ4v) is 2.34. The Bertz CT molecular complexity index is 643. The molecule has 0 aliphatic heterocycles. The first-order valence-electron chi connectivity index (χ1n) is 5.51. The molecule has 0 fully saturated rings. The molecule has 19 heavy (non-hydrogen) atoms. The molecule has 0 heterocycles. The molecule has 1 N–H and O–H groups in total. The summed E-state index contributed by atoms with van der Waals surface area (Å²) in [7, 11) is 0. The van der Waals surface area contributed by atoms with Crippen molar-refractivity contribution in [3.8, 4) is 0 Å². The van der Waals surface area contributed by atoms with Gasteiger partial charge < -0.3 is 5.32 Å². The number of carbonyl (C=O) groups is 1. The third kappa shape index (κ3) is 3.04. The van der Waals surface area contributed by atoms with Crippen molar-refractivity contribution in [2.45, 2.75) is 6.92 Å². The van der Waals surface area contributed by atoms with Crippen molar-refractivity contribution in [2.24, 2.45) is 0 Å². The first-order chi connectivity index (χ1) is 9.00. The highest BCUT2D eigenvalue weighted by Crippen LogP contribution is 2.27. The molecule has 2 nitrogen and oxygen atoms in total. The monoisotopic (exact) mass is 385 g/mol. The maximum Gasteiger partial charge on any atom is 0.258 e. The van der Waals surface area contributed by atoms with E-state index in [0.29, 0.717) is 5.69 Å². The fraction of sp³-hybridized carbons (Fsp3) is 0.0714. The van der Waals surface area contributed by atoms with Gasteiger partial charge in [0.2, 0.25) is 0 Å². The highest BCUT2D eigenvalue weighted by molar-refractivity contribution is 9.11. The van der Waals surface area contributed by atoms with Crippen molar-refractivity contribution in [3.05, 3.63) is 62.3 Å². The van der Waals surface area contributed by atoms with Crippen LogP contribution in [-0.4, -0.2) is 5.91 Å². The number of halogens is 3. The van der Waals surface area contributed by atoms with Gasteiger partial charge in [0.25, 0.3) is 5.91 Å². The largest absolute Gasteiger partial charge is 0.321 e. The van der Waals surface area contributed by atoms with Crippen LogP contribution in [0.1, 0.15) is 15.9 Å². The number of carbonyl (C=O) groups excluding carboxylic acids is 1. The lowest BCUT2D eigenvalue weighted by Gasteiger charge is -2.10. The number of hydrogen-bond acceptors (Lipinski definition) is 1. The number of aryl methyl sites for hydroxylation is 1. The molecule has 5 heteroatoms. The third-order valence-corrected chi connectivity index (χ3v) is 4.30. The Morgan fingerprint density at radius 3 is 2.58 bits per heavy atom. The summed E-state index contributed by atoms with van der Waals surface area (Å²) in [5.74, 6) is -1.05. The molecule has 0 spiro atoms. The lowest BCUT2D eigenvalue weighted by molar-refractivity contribution is 0.102. The smallest absolute Gasteiger partial charge is 0.258 e. The van der Waals surface area contributed by atoms with Gasteiger partial charge in [0, 0.05) is 4.47 Å². The highest BCUT2D eigenvalue weighted by atomic mass is 79.9. The first kappa shape index (κ1) is 14.2. The van der Waals surface area contributed by atoms with Crippen LogP contribution < -0.4 is 5.32 Å². The number of hydrogen-bond donors (Lipinski definition) is 1. The maximum atomic E-state index is 13.8. The minimum absolute atomic E-state index is 0.00258. The van der Waals surface area contributed by atoms with E-state index < -0.39 is 11.7 Å². The number of anilines is 1. The Hall–Kier alpha value is -1.20. The molecular formula is C14H10Br2FNO. The van der Waals surface area contributed by atoms with Crippen LogP contribution in [0.4, 0.5) is 10.1 Å². The SMILES string of the molecule is Cc1cccc(NC(=O)c2cccc(Br)c2F)c1Br. The van der Waals surface area contributed by atoms with Crippen molar-refractivity contribution in [1.29, 1.82) is 0 Å². The van der Waals surface area contributed by atoms with Crippen molar-refractivity contribution in [1.82, 2.24) is 0 Å². The van der Waals surface area contributed by atoms with Gasteiger partial charge in [0.05, 0.1) is 15.7 Å². The highest BCUT2D eigenvalue weighted by Gasteiger charge is 2.15. The van der Waals surface area contributed by atoms with Gasteiger partial charge in [-0.25, -0.2) is 4.39 Å². The molecule has 0 aromatic heterocycles. The second-order valence-corrected chi connectivity index (χ2v) is 5.64. The molecule has 0 aliphatic carbocycles. The summed E-state index contributed by atoms with van der Waals surface area (Å²) in [6, 6.07) is 10.1. The predicted octanol–water partition coefficient (Wildman–Crippen LogP) is 4.91. The van der Waals surface area contributed by atoms with E-state index in [0.717, 1.165) is 10.0 Å². The molecule has 98 valence electrons. The molecule has 0 saturated heterocycles. The van der Waals surface area contributed by atoms with E-state index in [1.807, 2.05) is 19.1 Å².